The third-order valence-corrected chi connectivity index (χ3v) is 4.55. The molecule has 0 bridgehead atoms. The Kier molecular flexibility index (Phi) is 8.55. The molecule has 0 radical (unpaired) electrons. The van der Waals surface area contributed by atoms with Crippen LogP contribution in [0, 0.1) is 0 Å². The van der Waals surface area contributed by atoms with Crippen LogP contribution in [0.1, 0.15) is 38.0 Å². The normalized spacial score (nSPS) is 10.2. The van der Waals surface area contributed by atoms with E-state index in [1.54, 1.807) is 72.8 Å². The van der Waals surface area contributed by atoms with Gasteiger partial charge in [0, 0.05) is 29.0 Å². The van der Waals surface area contributed by atoms with Crippen molar-refractivity contribution in [2.75, 3.05) is 25.1 Å². The predicted octanol–water partition coefficient (Wildman–Crippen LogP) is 3.43. The van der Waals surface area contributed by atoms with Crippen molar-refractivity contribution >= 4 is 23.4 Å². The molecule has 3 N–H and O–H groups in total. The van der Waals surface area contributed by atoms with Crippen molar-refractivity contribution in [3.63, 3.8) is 0 Å². The smallest absolute Gasteiger partial charge is 0.269 e. The van der Waals surface area contributed by atoms with E-state index in [1.807, 2.05) is 13.0 Å². The van der Waals surface area contributed by atoms with E-state index in [1.165, 1.54) is 0 Å². The first-order chi connectivity index (χ1) is 16.1. The highest BCUT2D eigenvalue weighted by Crippen LogP contribution is 2.13. The summed E-state index contributed by atoms with van der Waals surface area (Å²) in [4.78, 5) is 36.8. The maximum Gasteiger partial charge on any atom is 0.269 e. The number of carbonyl (C=O) groups is 3. The van der Waals surface area contributed by atoms with Crippen LogP contribution < -0.4 is 20.9 Å². The fourth-order valence-electron chi connectivity index (χ4n) is 2.82. The molecule has 170 valence electrons. The molecular formula is C25H25N3O5. The van der Waals surface area contributed by atoms with E-state index in [2.05, 4.69) is 16.2 Å². The van der Waals surface area contributed by atoms with Crippen molar-refractivity contribution in [3.05, 3.63) is 95.6 Å². The molecule has 0 heterocycles. The molecule has 0 spiro atoms. The van der Waals surface area contributed by atoms with E-state index < -0.39 is 11.8 Å². The molecule has 0 saturated heterocycles. The number of hydrogen-bond donors (Lipinski definition) is 3. The second-order valence-electron chi connectivity index (χ2n) is 6.88. The first-order valence-corrected chi connectivity index (χ1v) is 10.4. The molecule has 8 heteroatoms. The summed E-state index contributed by atoms with van der Waals surface area (Å²) in [7, 11) is 0. The zero-order valence-electron chi connectivity index (χ0n) is 18.2. The Labute approximate surface area is 191 Å². The maximum atomic E-state index is 12.3. The Morgan fingerprint density at radius 3 is 1.79 bits per heavy atom. The summed E-state index contributed by atoms with van der Waals surface area (Å²) in [6.45, 7) is 3.45. The summed E-state index contributed by atoms with van der Waals surface area (Å²) in [5.41, 5.74) is 6.52. The SMILES string of the molecule is CCOCCOc1ccc(C(=O)NNC(=O)c2ccc(NC(=O)c3ccccc3)cc2)cc1. The zero-order chi connectivity index (χ0) is 23.5. The largest absolute Gasteiger partial charge is 0.491 e. The number of hydrogen-bond acceptors (Lipinski definition) is 5. The predicted molar refractivity (Wildman–Crippen MR) is 124 cm³/mol. The highest BCUT2D eigenvalue weighted by Gasteiger charge is 2.10. The van der Waals surface area contributed by atoms with Crippen molar-refractivity contribution in [2.45, 2.75) is 6.92 Å². The fourth-order valence-corrected chi connectivity index (χ4v) is 2.82. The van der Waals surface area contributed by atoms with Gasteiger partial charge in [0.15, 0.2) is 0 Å². The summed E-state index contributed by atoms with van der Waals surface area (Å²) < 4.78 is 10.7. The summed E-state index contributed by atoms with van der Waals surface area (Å²) in [6, 6.07) is 21.7. The Balaban J connectivity index is 1.47. The summed E-state index contributed by atoms with van der Waals surface area (Å²) in [5, 5.41) is 2.76. The third-order valence-electron chi connectivity index (χ3n) is 4.55. The summed E-state index contributed by atoms with van der Waals surface area (Å²) >= 11 is 0. The summed E-state index contributed by atoms with van der Waals surface area (Å²) in [5.74, 6) is -0.573. The molecule has 33 heavy (non-hydrogen) atoms. The van der Waals surface area contributed by atoms with Crippen LogP contribution in [-0.2, 0) is 4.74 Å². The van der Waals surface area contributed by atoms with Crippen LogP contribution >= 0.6 is 0 Å². The minimum absolute atomic E-state index is 0.245. The van der Waals surface area contributed by atoms with Gasteiger partial charge in [0.1, 0.15) is 12.4 Å². The topological polar surface area (TPSA) is 106 Å². The number of hydrazine groups is 1. The van der Waals surface area contributed by atoms with Gasteiger partial charge in [-0.2, -0.15) is 0 Å². The highest BCUT2D eigenvalue weighted by molar-refractivity contribution is 6.04. The van der Waals surface area contributed by atoms with Crippen LogP contribution in [-0.4, -0.2) is 37.5 Å². The average Bonchev–Trinajstić information content (AvgIpc) is 2.86. The van der Waals surface area contributed by atoms with E-state index in [0.29, 0.717) is 47.9 Å². The van der Waals surface area contributed by atoms with Crippen molar-refractivity contribution in [1.29, 1.82) is 0 Å². The van der Waals surface area contributed by atoms with Crippen LogP contribution in [0.25, 0.3) is 0 Å². The van der Waals surface area contributed by atoms with E-state index in [-0.39, 0.29) is 5.91 Å². The number of rotatable bonds is 9. The van der Waals surface area contributed by atoms with E-state index in [9.17, 15) is 14.4 Å². The lowest BCUT2D eigenvalue weighted by Crippen LogP contribution is -2.41. The molecule has 0 aliphatic heterocycles. The molecule has 3 aromatic rings. The second-order valence-corrected chi connectivity index (χ2v) is 6.88. The molecule has 0 unspecified atom stereocenters. The summed E-state index contributed by atoms with van der Waals surface area (Å²) in [6.07, 6.45) is 0. The van der Waals surface area contributed by atoms with Crippen molar-refractivity contribution in [3.8, 4) is 5.75 Å². The van der Waals surface area contributed by atoms with Crippen molar-refractivity contribution < 1.29 is 23.9 Å². The molecule has 0 saturated carbocycles. The number of ether oxygens (including phenoxy) is 2. The lowest BCUT2D eigenvalue weighted by molar-refractivity contribution is 0.0846. The minimum atomic E-state index is -0.486. The van der Waals surface area contributed by atoms with Crippen LogP contribution in [0.4, 0.5) is 5.69 Å². The van der Waals surface area contributed by atoms with Crippen molar-refractivity contribution in [2.24, 2.45) is 0 Å². The second kappa shape index (κ2) is 12.0. The quantitative estimate of drug-likeness (QED) is 0.344. The van der Waals surface area contributed by atoms with Gasteiger partial charge in [-0.3, -0.25) is 25.2 Å². The van der Waals surface area contributed by atoms with E-state index >= 15 is 0 Å². The van der Waals surface area contributed by atoms with Gasteiger partial charge in [0.2, 0.25) is 0 Å². The van der Waals surface area contributed by atoms with E-state index in [0.717, 1.165) is 0 Å². The minimum Gasteiger partial charge on any atom is -0.491 e. The number of carbonyl (C=O) groups excluding carboxylic acids is 3. The van der Waals surface area contributed by atoms with Gasteiger partial charge in [0.25, 0.3) is 17.7 Å². The molecular weight excluding hydrogens is 422 g/mol. The molecule has 3 aromatic carbocycles. The first kappa shape index (κ1) is 23.5. The lowest BCUT2D eigenvalue weighted by Gasteiger charge is -2.10. The molecule has 8 nitrogen and oxygen atoms in total. The van der Waals surface area contributed by atoms with Gasteiger partial charge in [-0.05, 0) is 67.6 Å². The van der Waals surface area contributed by atoms with Gasteiger partial charge < -0.3 is 14.8 Å². The van der Waals surface area contributed by atoms with Gasteiger partial charge in [-0.15, -0.1) is 0 Å². The van der Waals surface area contributed by atoms with Crippen LogP contribution in [0.3, 0.4) is 0 Å². The zero-order valence-corrected chi connectivity index (χ0v) is 18.2. The first-order valence-electron chi connectivity index (χ1n) is 10.4. The average molecular weight is 447 g/mol. The van der Waals surface area contributed by atoms with Crippen LogP contribution in [0.2, 0.25) is 0 Å². The third kappa shape index (κ3) is 7.19. The van der Waals surface area contributed by atoms with Gasteiger partial charge in [0.05, 0.1) is 6.61 Å². The highest BCUT2D eigenvalue weighted by atomic mass is 16.5. The Hall–Kier alpha value is -4.17. The molecule has 3 amide bonds. The lowest BCUT2D eigenvalue weighted by atomic mass is 10.1. The molecule has 0 aliphatic carbocycles. The molecule has 3 rings (SSSR count). The van der Waals surface area contributed by atoms with Crippen LogP contribution in [0.5, 0.6) is 5.75 Å². The van der Waals surface area contributed by atoms with Gasteiger partial charge in [-0.1, -0.05) is 18.2 Å². The van der Waals surface area contributed by atoms with Crippen LogP contribution in [0.15, 0.2) is 78.9 Å². The molecule has 0 aliphatic rings. The Bertz CT molecular complexity index is 1070. The monoisotopic (exact) mass is 447 g/mol. The molecule has 0 atom stereocenters. The standard InChI is InChI=1S/C25H25N3O5/c1-2-32-16-17-33-22-14-10-20(11-15-22)25(31)28-27-24(30)19-8-12-21(13-9-19)26-23(29)18-6-4-3-5-7-18/h3-15H,2,16-17H2,1H3,(H,26,29)(H,27,30)(H,28,31). The maximum absolute atomic E-state index is 12.3. The Morgan fingerprint density at radius 2 is 1.21 bits per heavy atom. The van der Waals surface area contributed by atoms with Gasteiger partial charge >= 0.3 is 0 Å². The fraction of sp³-hybridized carbons (Fsp3) is 0.160. The number of nitrogens with one attached hydrogen (secondary N) is 3. The molecule has 0 aromatic heterocycles. The number of anilines is 1. The Morgan fingerprint density at radius 1 is 0.667 bits per heavy atom. The van der Waals surface area contributed by atoms with Gasteiger partial charge in [-0.25, -0.2) is 0 Å². The number of amides is 3. The van der Waals surface area contributed by atoms with E-state index in [4.69, 9.17) is 9.47 Å². The van der Waals surface area contributed by atoms with Crippen molar-refractivity contribution in [1.82, 2.24) is 10.9 Å². The number of benzene rings is 3. The molecule has 0 fully saturated rings.